The van der Waals surface area contributed by atoms with Crippen LogP contribution in [0.3, 0.4) is 0 Å². The topological polar surface area (TPSA) is 50.9 Å². The Labute approximate surface area is 132 Å². The number of aryl methyl sites for hydroxylation is 1. The molecule has 0 radical (unpaired) electrons. The second kappa shape index (κ2) is 5.93. The number of hydrazine groups is 1. The number of para-hydroxylation sites is 1. The smallest absolute Gasteiger partial charge is 0.0895 e. The summed E-state index contributed by atoms with van der Waals surface area (Å²) in [6.45, 7) is 2.08. The average molecular weight is 342 g/mol. The Morgan fingerprint density at radius 2 is 1.81 bits per heavy atom. The zero-order valence-electron chi connectivity index (χ0n) is 11.7. The molecule has 0 fully saturated rings. The second-order valence-electron chi connectivity index (χ2n) is 5.00. The van der Waals surface area contributed by atoms with E-state index in [2.05, 4.69) is 52.5 Å². The summed E-state index contributed by atoms with van der Waals surface area (Å²) >= 11 is 3.62. The predicted molar refractivity (Wildman–Crippen MR) is 89.8 cm³/mol. The molecule has 1 aromatic heterocycles. The normalized spacial score (nSPS) is 12.5. The van der Waals surface area contributed by atoms with Gasteiger partial charge in [0, 0.05) is 9.86 Å². The van der Waals surface area contributed by atoms with Crippen molar-refractivity contribution >= 4 is 26.8 Å². The van der Waals surface area contributed by atoms with Crippen molar-refractivity contribution in [2.45, 2.75) is 13.0 Å². The molecule has 3 nitrogen and oxygen atoms in total. The SMILES string of the molecule is Cc1ccccc1C(NN)c1nc2ccccc2cc1Br. The summed E-state index contributed by atoms with van der Waals surface area (Å²) in [5.74, 6) is 5.81. The third-order valence-electron chi connectivity index (χ3n) is 3.64. The van der Waals surface area contributed by atoms with Crippen molar-refractivity contribution in [1.82, 2.24) is 10.4 Å². The fourth-order valence-corrected chi connectivity index (χ4v) is 3.10. The molecule has 3 aromatic rings. The van der Waals surface area contributed by atoms with E-state index in [1.165, 1.54) is 5.56 Å². The molecule has 1 atom stereocenters. The van der Waals surface area contributed by atoms with Gasteiger partial charge in [0.25, 0.3) is 0 Å². The number of nitrogens with one attached hydrogen (secondary N) is 1. The van der Waals surface area contributed by atoms with Crippen LogP contribution in [0.1, 0.15) is 22.9 Å². The van der Waals surface area contributed by atoms with Crippen molar-refractivity contribution in [3.05, 3.63) is 75.9 Å². The van der Waals surface area contributed by atoms with E-state index in [9.17, 15) is 0 Å². The van der Waals surface area contributed by atoms with Crippen molar-refractivity contribution in [2.75, 3.05) is 0 Å². The molecule has 3 rings (SSSR count). The summed E-state index contributed by atoms with van der Waals surface area (Å²) in [4.78, 5) is 4.77. The van der Waals surface area contributed by atoms with E-state index in [-0.39, 0.29) is 6.04 Å². The minimum atomic E-state index is -0.148. The number of hydrogen-bond donors (Lipinski definition) is 2. The number of aromatic nitrogens is 1. The molecule has 0 aliphatic rings. The highest BCUT2D eigenvalue weighted by atomic mass is 79.9. The van der Waals surface area contributed by atoms with E-state index in [4.69, 9.17) is 10.8 Å². The van der Waals surface area contributed by atoms with E-state index in [0.717, 1.165) is 26.6 Å². The molecule has 1 unspecified atom stereocenters. The summed E-state index contributed by atoms with van der Waals surface area (Å²) < 4.78 is 0.951. The maximum atomic E-state index is 5.81. The summed E-state index contributed by atoms with van der Waals surface area (Å²) in [5, 5.41) is 1.11. The highest BCUT2D eigenvalue weighted by Gasteiger charge is 2.19. The predicted octanol–water partition coefficient (Wildman–Crippen LogP) is 3.86. The lowest BCUT2D eigenvalue weighted by molar-refractivity contribution is 0.617. The van der Waals surface area contributed by atoms with Crippen LogP contribution < -0.4 is 11.3 Å². The Morgan fingerprint density at radius 3 is 2.57 bits per heavy atom. The molecule has 1 heterocycles. The third kappa shape index (κ3) is 2.70. The van der Waals surface area contributed by atoms with E-state index >= 15 is 0 Å². The van der Waals surface area contributed by atoms with Gasteiger partial charge in [0.15, 0.2) is 0 Å². The van der Waals surface area contributed by atoms with Crippen LogP contribution in [0.25, 0.3) is 10.9 Å². The molecule has 2 aromatic carbocycles. The van der Waals surface area contributed by atoms with Gasteiger partial charge in [-0.1, -0.05) is 42.5 Å². The molecule has 0 aliphatic heterocycles. The Morgan fingerprint density at radius 1 is 1.10 bits per heavy atom. The number of fused-ring (bicyclic) bond motifs is 1. The Bertz CT molecular complexity index is 786. The number of nitrogens with two attached hydrogens (primary N) is 1. The lowest BCUT2D eigenvalue weighted by atomic mass is 9.98. The zero-order chi connectivity index (χ0) is 14.8. The number of halogens is 1. The van der Waals surface area contributed by atoms with Crippen molar-refractivity contribution in [3.8, 4) is 0 Å². The van der Waals surface area contributed by atoms with Crippen molar-refractivity contribution in [3.63, 3.8) is 0 Å². The van der Waals surface area contributed by atoms with Crippen LogP contribution >= 0.6 is 15.9 Å². The fourth-order valence-electron chi connectivity index (χ4n) is 2.53. The summed E-state index contributed by atoms with van der Waals surface area (Å²) in [7, 11) is 0. The van der Waals surface area contributed by atoms with Gasteiger partial charge in [-0.25, -0.2) is 10.4 Å². The van der Waals surface area contributed by atoms with E-state index < -0.39 is 0 Å². The van der Waals surface area contributed by atoms with Gasteiger partial charge in [-0.05, 0) is 46.1 Å². The van der Waals surface area contributed by atoms with E-state index in [1.807, 2.05) is 30.3 Å². The van der Waals surface area contributed by atoms with Crippen LogP contribution in [0.4, 0.5) is 0 Å². The Hall–Kier alpha value is -1.75. The first-order chi connectivity index (χ1) is 10.2. The molecule has 0 amide bonds. The van der Waals surface area contributed by atoms with Gasteiger partial charge in [0.1, 0.15) is 0 Å². The van der Waals surface area contributed by atoms with Crippen molar-refractivity contribution in [1.29, 1.82) is 0 Å². The zero-order valence-corrected chi connectivity index (χ0v) is 13.3. The molecule has 0 bridgehead atoms. The highest BCUT2D eigenvalue weighted by Crippen LogP contribution is 2.30. The monoisotopic (exact) mass is 341 g/mol. The number of hydrogen-bond acceptors (Lipinski definition) is 3. The van der Waals surface area contributed by atoms with E-state index in [1.54, 1.807) is 0 Å². The van der Waals surface area contributed by atoms with Crippen molar-refractivity contribution < 1.29 is 0 Å². The number of rotatable bonds is 3. The first-order valence-corrected chi connectivity index (χ1v) is 7.57. The fraction of sp³-hybridized carbons (Fsp3) is 0.118. The summed E-state index contributed by atoms with van der Waals surface area (Å²) in [6, 6.07) is 18.2. The molecule has 21 heavy (non-hydrogen) atoms. The van der Waals surface area contributed by atoms with Gasteiger partial charge >= 0.3 is 0 Å². The van der Waals surface area contributed by atoms with Crippen LogP contribution in [-0.4, -0.2) is 4.98 Å². The van der Waals surface area contributed by atoms with Gasteiger partial charge < -0.3 is 0 Å². The van der Waals surface area contributed by atoms with Gasteiger partial charge in [-0.2, -0.15) is 0 Å². The maximum Gasteiger partial charge on any atom is 0.0895 e. The molecular weight excluding hydrogens is 326 g/mol. The Kier molecular flexibility index (Phi) is 4.01. The summed E-state index contributed by atoms with van der Waals surface area (Å²) in [6.07, 6.45) is 0. The van der Waals surface area contributed by atoms with Gasteiger partial charge in [-0.15, -0.1) is 0 Å². The molecule has 106 valence electrons. The molecule has 0 saturated heterocycles. The number of nitrogens with zero attached hydrogens (tertiary/aromatic N) is 1. The molecule has 0 aliphatic carbocycles. The highest BCUT2D eigenvalue weighted by molar-refractivity contribution is 9.10. The van der Waals surface area contributed by atoms with Crippen molar-refractivity contribution in [2.24, 2.45) is 5.84 Å². The summed E-state index contributed by atoms with van der Waals surface area (Å²) in [5.41, 5.74) is 7.06. The first-order valence-electron chi connectivity index (χ1n) is 6.77. The third-order valence-corrected chi connectivity index (χ3v) is 4.28. The lowest BCUT2D eigenvalue weighted by Crippen LogP contribution is -2.30. The van der Waals surface area contributed by atoms with E-state index in [0.29, 0.717) is 0 Å². The average Bonchev–Trinajstić information content (AvgIpc) is 2.50. The molecule has 4 heteroatoms. The number of pyridine rings is 1. The van der Waals surface area contributed by atoms with Gasteiger partial charge in [-0.3, -0.25) is 5.84 Å². The van der Waals surface area contributed by atoms with Crippen LogP contribution in [0.5, 0.6) is 0 Å². The molecular formula is C17H16BrN3. The standard InChI is InChI=1S/C17H16BrN3/c1-11-6-2-4-8-13(11)16(21-19)17-14(18)10-12-7-3-5-9-15(12)20-17/h2-10,16,21H,19H2,1H3. The quantitative estimate of drug-likeness (QED) is 0.561. The van der Waals surface area contributed by atoms with Crippen LogP contribution in [-0.2, 0) is 0 Å². The minimum absolute atomic E-state index is 0.148. The van der Waals surface area contributed by atoms with Crippen LogP contribution in [0.2, 0.25) is 0 Å². The first kappa shape index (κ1) is 14.2. The maximum absolute atomic E-state index is 5.81. The van der Waals surface area contributed by atoms with Gasteiger partial charge in [0.2, 0.25) is 0 Å². The molecule has 0 spiro atoms. The minimum Gasteiger partial charge on any atom is -0.271 e. The van der Waals surface area contributed by atoms with Crippen LogP contribution in [0, 0.1) is 6.92 Å². The lowest BCUT2D eigenvalue weighted by Gasteiger charge is -2.20. The van der Waals surface area contributed by atoms with Gasteiger partial charge in [0.05, 0.1) is 17.3 Å². The molecule has 0 saturated carbocycles. The largest absolute Gasteiger partial charge is 0.271 e. The second-order valence-corrected chi connectivity index (χ2v) is 5.86. The van der Waals surface area contributed by atoms with Crippen LogP contribution in [0.15, 0.2) is 59.1 Å². The number of benzene rings is 2. The Balaban J connectivity index is 2.17. The molecule has 3 N–H and O–H groups in total.